The minimum Gasteiger partial charge on any atom is -0.224 e. The molecule has 5 nitrogen and oxygen atoms in total. The van der Waals surface area contributed by atoms with Crippen LogP contribution in [0.1, 0.15) is 18.9 Å². The molecule has 0 bridgehead atoms. The van der Waals surface area contributed by atoms with E-state index in [-0.39, 0.29) is 10.6 Å². The summed E-state index contributed by atoms with van der Waals surface area (Å²) in [6, 6.07) is 4.75. The zero-order valence-electron chi connectivity index (χ0n) is 9.54. The van der Waals surface area contributed by atoms with Crippen LogP contribution in [0.2, 0.25) is 0 Å². The largest absolute Gasteiger partial charge is 0.224 e. The summed E-state index contributed by atoms with van der Waals surface area (Å²) in [6.07, 6.45) is 0.564. The first-order valence-corrected chi connectivity index (χ1v) is 7.39. The van der Waals surface area contributed by atoms with Crippen molar-refractivity contribution >= 4 is 21.9 Å². The van der Waals surface area contributed by atoms with Crippen LogP contribution >= 0.6 is 12.0 Å². The molecule has 0 amide bonds. The van der Waals surface area contributed by atoms with Crippen molar-refractivity contribution in [3.63, 3.8) is 0 Å². The maximum Gasteiger partial charge on any atom is 0.178 e. The van der Waals surface area contributed by atoms with Gasteiger partial charge in [0.15, 0.2) is 9.84 Å². The molecule has 1 aromatic carbocycles. The van der Waals surface area contributed by atoms with Gasteiger partial charge in [-0.15, -0.1) is 4.33 Å². The molecule has 0 aliphatic rings. The lowest BCUT2D eigenvalue weighted by atomic mass is 10.2. The highest BCUT2D eigenvalue weighted by Gasteiger charge is 2.15. The maximum absolute atomic E-state index is 11.8. The number of benzene rings is 1. The van der Waals surface area contributed by atoms with Crippen molar-refractivity contribution in [2.24, 2.45) is 0 Å². The Morgan fingerprint density at radius 3 is 2.71 bits per heavy atom. The highest BCUT2D eigenvalue weighted by molar-refractivity contribution is 7.94. The minimum absolute atomic E-state index is 0.109. The molecule has 1 N–H and O–H groups in total. The van der Waals surface area contributed by atoms with Crippen LogP contribution < -0.4 is 0 Å². The van der Waals surface area contributed by atoms with Crippen molar-refractivity contribution in [1.29, 1.82) is 0 Å². The summed E-state index contributed by atoms with van der Waals surface area (Å²) in [5.74, 6) is 0.109. The van der Waals surface area contributed by atoms with Crippen molar-refractivity contribution in [2.45, 2.75) is 30.1 Å². The van der Waals surface area contributed by atoms with Crippen molar-refractivity contribution in [2.75, 3.05) is 5.75 Å². The lowest BCUT2D eigenvalue weighted by Gasteiger charge is -2.07. The normalized spacial score (nSPS) is 11.7. The Morgan fingerprint density at radius 2 is 2.12 bits per heavy atom. The molecule has 96 valence electrons. The van der Waals surface area contributed by atoms with Gasteiger partial charge in [0.25, 0.3) is 0 Å². The first-order chi connectivity index (χ1) is 8.01. The van der Waals surface area contributed by atoms with Gasteiger partial charge in [0.1, 0.15) is 0 Å². The molecular weight excluding hydrogens is 264 g/mol. The van der Waals surface area contributed by atoms with Gasteiger partial charge in [-0.2, -0.15) is 0 Å². The Morgan fingerprint density at radius 1 is 1.41 bits per heavy atom. The first-order valence-electron chi connectivity index (χ1n) is 4.99. The van der Waals surface area contributed by atoms with E-state index >= 15 is 0 Å². The number of aryl methyl sites for hydroxylation is 1. The predicted octanol–water partition coefficient (Wildman–Crippen LogP) is 2.61. The molecule has 0 aliphatic heterocycles. The maximum atomic E-state index is 11.8. The van der Waals surface area contributed by atoms with E-state index in [9.17, 15) is 8.42 Å². The van der Waals surface area contributed by atoms with E-state index in [1.54, 1.807) is 19.1 Å². The van der Waals surface area contributed by atoms with Crippen LogP contribution in [0.3, 0.4) is 0 Å². The standard InChI is InChI=1S/C10H14O5S2/c1-3-6-17(12,13)9-5-4-8(2)10(7-9)16-15-14-11/h4-5,7,11H,3,6H2,1-2H3. The zero-order chi connectivity index (χ0) is 12.9. The molecule has 0 spiro atoms. The first kappa shape index (κ1) is 14.5. The third-order valence-electron chi connectivity index (χ3n) is 2.15. The van der Waals surface area contributed by atoms with Crippen LogP contribution in [0.15, 0.2) is 28.0 Å². The fourth-order valence-electron chi connectivity index (χ4n) is 1.30. The van der Waals surface area contributed by atoms with E-state index in [0.29, 0.717) is 11.3 Å². The van der Waals surface area contributed by atoms with Crippen molar-refractivity contribution in [3.05, 3.63) is 23.8 Å². The lowest BCUT2D eigenvalue weighted by Crippen LogP contribution is -2.06. The van der Waals surface area contributed by atoms with E-state index in [0.717, 1.165) is 17.6 Å². The van der Waals surface area contributed by atoms with Gasteiger partial charge in [-0.05, 0) is 31.0 Å². The van der Waals surface area contributed by atoms with Gasteiger partial charge in [0, 0.05) is 4.90 Å². The molecule has 17 heavy (non-hydrogen) atoms. The number of sulfone groups is 1. The molecule has 1 rings (SSSR count). The monoisotopic (exact) mass is 278 g/mol. The lowest BCUT2D eigenvalue weighted by molar-refractivity contribution is -0.432. The Labute approximate surface area is 105 Å². The van der Waals surface area contributed by atoms with Crippen LogP contribution in [0.4, 0.5) is 0 Å². The second-order valence-corrected chi connectivity index (χ2v) is 6.32. The van der Waals surface area contributed by atoms with Crippen molar-refractivity contribution in [1.82, 2.24) is 0 Å². The smallest absolute Gasteiger partial charge is 0.178 e. The molecule has 0 saturated heterocycles. The van der Waals surface area contributed by atoms with E-state index < -0.39 is 9.84 Å². The summed E-state index contributed by atoms with van der Waals surface area (Å²) in [7, 11) is -3.25. The summed E-state index contributed by atoms with van der Waals surface area (Å²) in [6.45, 7) is 3.61. The van der Waals surface area contributed by atoms with E-state index in [4.69, 9.17) is 5.26 Å². The van der Waals surface area contributed by atoms with Crippen molar-refractivity contribution in [3.8, 4) is 0 Å². The molecule has 0 heterocycles. The second-order valence-electron chi connectivity index (χ2n) is 3.47. The van der Waals surface area contributed by atoms with Crippen LogP contribution in [0.5, 0.6) is 0 Å². The fourth-order valence-corrected chi connectivity index (χ4v) is 3.20. The molecular formula is C10H14O5S2. The number of hydrogen-bond donors (Lipinski definition) is 1. The van der Waals surface area contributed by atoms with Gasteiger partial charge < -0.3 is 0 Å². The molecule has 0 fully saturated rings. The van der Waals surface area contributed by atoms with Gasteiger partial charge in [-0.1, -0.05) is 18.0 Å². The molecule has 0 atom stereocenters. The molecule has 0 aliphatic carbocycles. The highest BCUT2D eigenvalue weighted by Crippen LogP contribution is 2.26. The molecule has 7 heteroatoms. The number of hydrogen-bond acceptors (Lipinski definition) is 6. The molecule has 0 aromatic heterocycles. The third-order valence-corrected chi connectivity index (χ3v) is 4.81. The van der Waals surface area contributed by atoms with Crippen LogP contribution in [-0.2, 0) is 19.2 Å². The average Bonchev–Trinajstić information content (AvgIpc) is 2.27. The second kappa shape index (κ2) is 6.36. The van der Waals surface area contributed by atoms with Gasteiger partial charge in [0.05, 0.1) is 22.7 Å². The summed E-state index contributed by atoms with van der Waals surface area (Å²) in [5.41, 5.74) is 0.836. The summed E-state index contributed by atoms with van der Waals surface area (Å²) in [5, 5.41) is 11.6. The van der Waals surface area contributed by atoms with Gasteiger partial charge in [0.2, 0.25) is 0 Å². The van der Waals surface area contributed by atoms with Gasteiger partial charge in [-0.25, -0.2) is 13.7 Å². The molecule has 0 saturated carbocycles. The highest BCUT2D eigenvalue weighted by atomic mass is 32.2. The molecule has 0 unspecified atom stereocenters. The van der Waals surface area contributed by atoms with E-state index in [1.165, 1.54) is 6.07 Å². The van der Waals surface area contributed by atoms with Gasteiger partial charge in [-0.3, -0.25) is 0 Å². The Balaban J connectivity index is 3.03. The summed E-state index contributed by atoms with van der Waals surface area (Å²) in [4.78, 5) is 0.824. The summed E-state index contributed by atoms with van der Waals surface area (Å²) >= 11 is 0.759. The van der Waals surface area contributed by atoms with Crippen molar-refractivity contribution < 1.29 is 23.0 Å². The zero-order valence-corrected chi connectivity index (χ0v) is 11.2. The SMILES string of the molecule is CCCS(=O)(=O)c1ccc(C)c(SOOO)c1. The Kier molecular flexibility index (Phi) is 5.41. The van der Waals surface area contributed by atoms with E-state index in [2.05, 4.69) is 9.37 Å². The topological polar surface area (TPSA) is 72.8 Å². The number of rotatable bonds is 6. The Bertz CT molecular complexity index is 470. The van der Waals surface area contributed by atoms with E-state index in [1.807, 2.05) is 6.92 Å². The van der Waals surface area contributed by atoms with Crippen LogP contribution in [-0.4, -0.2) is 19.4 Å². The third kappa shape index (κ3) is 3.97. The summed E-state index contributed by atoms with van der Waals surface area (Å²) < 4.78 is 28.0. The average molecular weight is 278 g/mol. The van der Waals surface area contributed by atoms with Crippen LogP contribution in [0, 0.1) is 6.92 Å². The van der Waals surface area contributed by atoms with Gasteiger partial charge >= 0.3 is 0 Å². The molecule has 1 aromatic rings. The Hall–Kier alpha value is -0.600. The predicted molar refractivity (Wildman–Crippen MR) is 64.2 cm³/mol. The fraction of sp³-hybridized carbons (Fsp3) is 0.400. The molecule has 0 radical (unpaired) electrons. The quantitative estimate of drug-likeness (QED) is 0.490. The minimum atomic E-state index is -3.25. The van der Waals surface area contributed by atoms with Crippen LogP contribution in [0.25, 0.3) is 0 Å².